The number of rotatable bonds is 10. The van der Waals surface area contributed by atoms with E-state index in [0.29, 0.717) is 66.1 Å². The highest BCUT2D eigenvalue weighted by Crippen LogP contribution is 2.43. The van der Waals surface area contributed by atoms with Crippen LogP contribution >= 0.6 is 0 Å². The second-order valence-corrected chi connectivity index (χ2v) is 10.6. The molecule has 5 rings (SSSR count). The van der Waals surface area contributed by atoms with E-state index in [0.717, 1.165) is 27.7 Å². The fraction of sp³-hybridized carbons (Fsp3) is 0.324. The summed E-state index contributed by atoms with van der Waals surface area (Å²) in [6.45, 7) is 8.13. The first kappa shape index (κ1) is 30.6. The summed E-state index contributed by atoms with van der Waals surface area (Å²) in [5, 5.41) is 9.57. The molecule has 10 nitrogen and oxygen atoms in total. The highest BCUT2D eigenvalue weighted by Gasteiger charge is 2.32. The molecular formula is C34H38N4O6. The number of nitrogens with zero attached hydrogens (tertiary/aromatic N) is 4. The number of benzene rings is 3. The van der Waals surface area contributed by atoms with Crippen LogP contribution in [0.25, 0.3) is 0 Å². The zero-order valence-corrected chi connectivity index (χ0v) is 25.7. The van der Waals surface area contributed by atoms with E-state index in [1.165, 1.54) is 6.33 Å². The second kappa shape index (κ2) is 13.2. The molecule has 4 aromatic rings. The van der Waals surface area contributed by atoms with Crippen molar-refractivity contribution < 1.29 is 28.9 Å². The SMILES string of the molecule is CCN(CC)C(=O)c1ccc(C2c3cc(Oc4cccc(OC)c4)c(OC)cc3CCN2Cc2ncn(C(=O)O)c2C)cc1. The Balaban J connectivity index is 1.58. The molecular weight excluding hydrogens is 560 g/mol. The topological polar surface area (TPSA) is 106 Å². The minimum atomic E-state index is -1.07. The van der Waals surface area contributed by atoms with Gasteiger partial charge in [-0.3, -0.25) is 9.69 Å². The minimum Gasteiger partial charge on any atom is -0.497 e. The number of imidazole rings is 1. The Kier molecular flexibility index (Phi) is 9.20. The molecule has 1 aliphatic heterocycles. The third kappa shape index (κ3) is 6.12. The van der Waals surface area contributed by atoms with Crippen LogP contribution in [-0.4, -0.2) is 70.3 Å². The van der Waals surface area contributed by atoms with Gasteiger partial charge >= 0.3 is 6.09 Å². The summed E-state index contributed by atoms with van der Waals surface area (Å²) >= 11 is 0. The molecule has 3 aromatic carbocycles. The molecule has 230 valence electrons. The smallest absolute Gasteiger partial charge is 0.417 e. The number of hydrogen-bond acceptors (Lipinski definition) is 7. The van der Waals surface area contributed by atoms with Gasteiger partial charge in [0, 0.05) is 37.8 Å². The standard InChI is InChI=1S/C34H38N4O6/c1-6-36(7-2)33(39)24-13-11-23(12-14-24)32-28-19-31(44-27-10-8-9-26(18-27)42-4)30(43-5)17-25(28)15-16-37(32)20-29-22(3)38(21-35-29)34(40)41/h8-14,17-19,21,32H,6-7,15-16,20H2,1-5H3,(H,40,41). The first-order valence-corrected chi connectivity index (χ1v) is 14.7. The molecule has 1 aliphatic rings. The monoisotopic (exact) mass is 598 g/mol. The van der Waals surface area contributed by atoms with Crippen molar-refractivity contribution in [3.63, 3.8) is 0 Å². The van der Waals surface area contributed by atoms with E-state index < -0.39 is 6.09 Å². The average Bonchev–Trinajstić information content (AvgIpc) is 3.41. The summed E-state index contributed by atoms with van der Waals surface area (Å²) in [7, 11) is 3.24. The molecule has 0 spiro atoms. The maximum atomic E-state index is 13.0. The molecule has 1 aromatic heterocycles. The van der Waals surface area contributed by atoms with Gasteiger partial charge in [0.2, 0.25) is 0 Å². The first-order valence-electron chi connectivity index (χ1n) is 14.7. The zero-order chi connectivity index (χ0) is 31.4. The molecule has 1 N–H and O–H groups in total. The zero-order valence-electron chi connectivity index (χ0n) is 25.7. The molecule has 0 aliphatic carbocycles. The van der Waals surface area contributed by atoms with Gasteiger partial charge in [-0.15, -0.1) is 0 Å². The Morgan fingerprint density at radius 2 is 1.70 bits per heavy atom. The summed E-state index contributed by atoms with van der Waals surface area (Å²) in [5.41, 5.74) is 5.06. The van der Waals surface area contributed by atoms with Crippen LogP contribution in [0.2, 0.25) is 0 Å². The lowest BCUT2D eigenvalue weighted by atomic mass is 9.87. The van der Waals surface area contributed by atoms with E-state index >= 15 is 0 Å². The normalized spacial score (nSPS) is 14.5. The highest BCUT2D eigenvalue weighted by atomic mass is 16.5. The lowest BCUT2D eigenvalue weighted by molar-refractivity contribution is 0.0773. The van der Waals surface area contributed by atoms with Gasteiger partial charge in [-0.25, -0.2) is 14.3 Å². The predicted octanol–water partition coefficient (Wildman–Crippen LogP) is 6.16. The van der Waals surface area contributed by atoms with Gasteiger partial charge in [0.15, 0.2) is 11.5 Å². The average molecular weight is 599 g/mol. The fourth-order valence-electron chi connectivity index (χ4n) is 5.76. The number of aromatic nitrogens is 2. The van der Waals surface area contributed by atoms with Crippen LogP contribution < -0.4 is 14.2 Å². The molecule has 44 heavy (non-hydrogen) atoms. The second-order valence-electron chi connectivity index (χ2n) is 10.6. The number of carbonyl (C=O) groups is 2. The van der Waals surface area contributed by atoms with E-state index in [2.05, 4.69) is 9.88 Å². The van der Waals surface area contributed by atoms with Crippen molar-refractivity contribution in [2.45, 2.75) is 39.8 Å². The minimum absolute atomic E-state index is 0.00371. The van der Waals surface area contributed by atoms with Crippen molar-refractivity contribution in [1.29, 1.82) is 0 Å². The van der Waals surface area contributed by atoms with E-state index in [1.54, 1.807) is 26.0 Å². The number of fused-ring (bicyclic) bond motifs is 1. The van der Waals surface area contributed by atoms with E-state index in [1.807, 2.05) is 74.5 Å². The van der Waals surface area contributed by atoms with Crippen LogP contribution in [0.5, 0.6) is 23.0 Å². The number of carboxylic acid groups (broad SMARTS) is 1. The number of carbonyl (C=O) groups excluding carboxylic acids is 1. The summed E-state index contributed by atoms with van der Waals surface area (Å²) < 4.78 is 18.6. The lowest BCUT2D eigenvalue weighted by Gasteiger charge is -2.38. The number of methoxy groups -OCH3 is 2. The third-order valence-corrected chi connectivity index (χ3v) is 8.21. The van der Waals surface area contributed by atoms with E-state index in [4.69, 9.17) is 14.2 Å². The van der Waals surface area contributed by atoms with Gasteiger partial charge in [0.05, 0.1) is 31.6 Å². The molecule has 1 amide bonds. The summed E-state index contributed by atoms with van der Waals surface area (Å²) in [4.78, 5) is 33.3. The van der Waals surface area contributed by atoms with Crippen molar-refractivity contribution in [2.24, 2.45) is 0 Å². The van der Waals surface area contributed by atoms with Crippen molar-refractivity contribution in [3.8, 4) is 23.0 Å². The van der Waals surface area contributed by atoms with Crippen molar-refractivity contribution in [3.05, 3.63) is 101 Å². The first-order chi connectivity index (χ1) is 21.3. The molecule has 0 saturated heterocycles. The Morgan fingerprint density at radius 3 is 2.34 bits per heavy atom. The van der Waals surface area contributed by atoms with Crippen LogP contribution in [0.3, 0.4) is 0 Å². The molecule has 2 heterocycles. The highest BCUT2D eigenvalue weighted by molar-refractivity contribution is 5.94. The molecule has 1 atom stereocenters. The van der Waals surface area contributed by atoms with Crippen LogP contribution in [0.1, 0.15) is 58.3 Å². The summed E-state index contributed by atoms with van der Waals surface area (Å²) in [5.74, 6) is 2.47. The molecule has 10 heteroatoms. The lowest BCUT2D eigenvalue weighted by Crippen LogP contribution is -2.36. The maximum Gasteiger partial charge on any atom is 0.417 e. The summed E-state index contributed by atoms with van der Waals surface area (Å²) in [6.07, 6.45) is 1.03. The Morgan fingerprint density at radius 1 is 0.977 bits per heavy atom. The van der Waals surface area contributed by atoms with E-state index in [-0.39, 0.29) is 11.9 Å². The molecule has 1 unspecified atom stereocenters. The number of amides is 1. The third-order valence-electron chi connectivity index (χ3n) is 8.21. The van der Waals surface area contributed by atoms with Crippen molar-refractivity contribution in [2.75, 3.05) is 33.9 Å². The Labute approximate surface area is 257 Å². The molecule has 0 bridgehead atoms. The number of ether oxygens (including phenoxy) is 3. The fourth-order valence-corrected chi connectivity index (χ4v) is 5.76. The quantitative estimate of drug-likeness (QED) is 0.232. The van der Waals surface area contributed by atoms with E-state index in [9.17, 15) is 14.7 Å². The van der Waals surface area contributed by atoms with Gasteiger partial charge in [-0.05, 0) is 80.3 Å². The van der Waals surface area contributed by atoms with Crippen LogP contribution in [0.4, 0.5) is 4.79 Å². The Hall–Kier alpha value is -4.83. The van der Waals surface area contributed by atoms with Gasteiger partial charge < -0.3 is 24.2 Å². The van der Waals surface area contributed by atoms with Gasteiger partial charge in [-0.2, -0.15) is 0 Å². The van der Waals surface area contributed by atoms with Gasteiger partial charge in [0.1, 0.15) is 17.8 Å². The molecule has 0 fully saturated rings. The van der Waals surface area contributed by atoms with Crippen LogP contribution in [-0.2, 0) is 13.0 Å². The van der Waals surface area contributed by atoms with Crippen LogP contribution in [0.15, 0.2) is 67.0 Å². The van der Waals surface area contributed by atoms with Crippen molar-refractivity contribution in [1.82, 2.24) is 19.4 Å². The number of hydrogen-bond donors (Lipinski definition) is 1. The Bertz CT molecular complexity index is 1640. The van der Waals surface area contributed by atoms with Crippen LogP contribution in [0, 0.1) is 6.92 Å². The van der Waals surface area contributed by atoms with Crippen molar-refractivity contribution >= 4 is 12.0 Å². The molecule has 0 radical (unpaired) electrons. The molecule has 0 saturated carbocycles. The summed E-state index contributed by atoms with van der Waals surface area (Å²) in [6, 6.07) is 19.0. The predicted molar refractivity (Wildman–Crippen MR) is 166 cm³/mol. The largest absolute Gasteiger partial charge is 0.497 e. The van der Waals surface area contributed by atoms with Gasteiger partial charge in [-0.1, -0.05) is 18.2 Å². The maximum absolute atomic E-state index is 13.0. The van der Waals surface area contributed by atoms with Gasteiger partial charge in [0.25, 0.3) is 5.91 Å².